The Bertz CT molecular complexity index is 267. The molecule has 0 aromatic rings. The fraction of sp³-hybridized carbons (Fsp3) is 1.00. The lowest BCUT2D eigenvalue weighted by atomic mass is 10.2. The summed E-state index contributed by atoms with van der Waals surface area (Å²) in [7, 11) is 1.90. The summed E-state index contributed by atoms with van der Waals surface area (Å²) in [5.74, 6) is 0. The first-order chi connectivity index (χ1) is 11.5. The zero-order valence-electron chi connectivity index (χ0n) is 17.4. The van der Waals surface area contributed by atoms with E-state index in [0.717, 1.165) is 6.54 Å². The minimum atomic E-state index is -0.339. The molecule has 1 atom stereocenters. The zero-order chi connectivity index (χ0) is 18.2. The van der Waals surface area contributed by atoms with Crippen LogP contribution in [0.4, 0.5) is 0 Å². The van der Waals surface area contributed by atoms with Crippen molar-refractivity contribution in [1.82, 2.24) is 15.1 Å². The third-order valence-corrected chi connectivity index (χ3v) is 5.95. The Labute approximate surface area is 154 Å². The summed E-state index contributed by atoms with van der Waals surface area (Å²) >= 11 is 0. The van der Waals surface area contributed by atoms with Crippen molar-refractivity contribution in [1.29, 1.82) is 0 Å². The minimum absolute atomic E-state index is 0.339. The minimum Gasteiger partial charge on any atom is -0.422 e. The first kappa shape index (κ1) is 24.1. The highest BCUT2D eigenvalue weighted by molar-refractivity contribution is 6.27. The Kier molecular flexibility index (Phi) is 16.6. The van der Waals surface area contributed by atoms with Crippen LogP contribution in [-0.4, -0.2) is 78.0 Å². The highest BCUT2D eigenvalue weighted by Gasteiger charge is 2.07. The van der Waals surface area contributed by atoms with Gasteiger partial charge in [0.25, 0.3) is 0 Å². The Hall–Kier alpha value is 0.0569. The van der Waals surface area contributed by atoms with Crippen LogP contribution in [0.15, 0.2) is 0 Å². The van der Waals surface area contributed by atoms with Crippen LogP contribution < -0.4 is 5.32 Å². The fourth-order valence-electron chi connectivity index (χ4n) is 2.80. The van der Waals surface area contributed by atoms with Crippen LogP contribution >= 0.6 is 0 Å². The molecule has 0 rings (SSSR count). The van der Waals surface area contributed by atoms with Gasteiger partial charge in [0, 0.05) is 12.1 Å². The second-order valence-corrected chi connectivity index (χ2v) is 8.84. The normalized spacial score (nSPS) is 13.9. The molecule has 0 aliphatic rings. The van der Waals surface area contributed by atoms with E-state index in [2.05, 4.69) is 56.8 Å². The Morgan fingerprint density at radius 2 is 1.67 bits per heavy atom. The molecule has 0 saturated heterocycles. The number of nitrogens with zero attached hydrogens (tertiary/aromatic N) is 2. The lowest BCUT2D eigenvalue weighted by molar-refractivity contribution is 0.235. The van der Waals surface area contributed by atoms with Crippen molar-refractivity contribution in [2.75, 3.05) is 46.3 Å². The van der Waals surface area contributed by atoms with Crippen molar-refractivity contribution in [3.63, 3.8) is 0 Å². The molecule has 0 spiro atoms. The van der Waals surface area contributed by atoms with Crippen molar-refractivity contribution >= 4 is 9.76 Å². The van der Waals surface area contributed by atoms with Crippen molar-refractivity contribution in [3.8, 4) is 0 Å². The summed E-state index contributed by atoms with van der Waals surface area (Å²) < 4.78 is 5.83. The van der Waals surface area contributed by atoms with E-state index in [1.807, 2.05) is 0 Å². The largest absolute Gasteiger partial charge is 0.422 e. The van der Waals surface area contributed by atoms with Crippen LogP contribution in [0.3, 0.4) is 0 Å². The molecule has 0 aromatic heterocycles. The van der Waals surface area contributed by atoms with Gasteiger partial charge in [-0.3, -0.25) is 0 Å². The molecule has 0 heterocycles. The lowest BCUT2D eigenvalue weighted by Crippen LogP contribution is -2.33. The monoisotopic (exact) mass is 359 g/mol. The average molecular weight is 360 g/mol. The quantitative estimate of drug-likeness (QED) is 0.319. The highest BCUT2D eigenvalue weighted by atomic mass is 28.2. The van der Waals surface area contributed by atoms with Gasteiger partial charge in [0.15, 0.2) is 9.76 Å². The molecule has 0 radical (unpaired) electrons. The Balaban J connectivity index is 3.99. The number of hydrogen-bond acceptors (Lipinski definition) is 4. The summed E-state index contributed by atoms with van der Waals surface area (Å²) in [5.41, 5.74) is 0. The number of rotatable bonds is 17. The van der Waals surface area contributed by atoms with Gasteiger partial charge in [-0.15, -0.1) is 0 Å². The summed E-state index contributed by atoms with van der Waals surface area (Å²) in [5, 5.41) is 3.61. The SMILES string of the molecule is CCCN(C)CCCN(CCCNC(C)CC)CC[SiH2]OC(C)C. The average Bonchev–Trinajstić information content (AvgIpc) is 2.54. The van der Waals surface area contributed by atoms with Gasteiger partial charge in [-0.25, -0.2) is 0 Å². The third-order valence-electron chi connectivity index (χ3n) is 4.45. The fourth-order valence-corrected chi connectivity index (χ4v) is 4.01. The second-order valence-electron chi connectivity index (χ2n) is 7.39. The molecule has 146 valence electrons. The van der Waals surface area contributed by atoms with Gasteiger partial charge in [-0.2, -0.15) is 0 Å². The van der Waals surface area contributed by atoms with E-state index in [0.29, 0.717) is 12.1 Å². The van der Waals surface area contributed by atoms with Gasteiger partial charge < -0.3 is 19.5 Å². The van der Waals surface area contributed by atoms with E-state index >= 15 is 0 Å². The Morgan fingerprint density at radius 1 is 0.958 bits per heavy atom. The van der Waals surface area contributed by atoms with Crippen LogP contribution in [0, 0.1) is 0 Å². The zero-order valence-corrected chi connectivity index (χ0v) is 18.9. The topological polar surface area (TPSA) is 27.7 Å². The van der Waals surface area contributed by atoms with Crippen molar-refractivity contribution in [2.24, 2.45) is 0 Å². The van der Waals surface area contributed by atoms with Crippen LogP contribution in [-0.2, 0) is 4.43 Å². The van der Waals surface area contributed by atoms with Crippen LogP contribution in [0.5, 0.6) is 0 Å². The van der Waals surface area contributed by atoms with Crippen LogP contribution in [0.1, 0.15) is 60.3 Å². The van der Waals surface area contributed by atoms with Crippen LogP contribution in [0.25, 0.3) is 0 Å². The molecular formula is C19H45N3OSi. The molecule has 4 nitrogen and oxygen atoms in total. The van der Waals surface area contributed by atoms with Gasteiger partial charge in [0.05, 0.1) is 0 Å². The van der Waals surface area contributed by atoms with E-state index in [9.17, 15) is 0 Å². The summed E-state index contributed by atoms with van der Waals surface area (Å²) in [6.45, 7) is 18.3. The molecule has 0 amide bonds. The summed E-state index contributed by atoms with van der Waals surface area (Å²) in [4.78, 5) is 5.12. The molecule has 0 aliphatic carbocycles. The molecular weight excluding hydrogens is 314 g/mol. The molecule has 1 unspecified atom stereocenters. The maximum absolute atomic E-state index is 5.83. The molecule has 1 N–H and O–H groups in total. The standard InChI is InChI=1S/C19H45N3OSi/c1-7-12-21(6)13-10-15-22(16-17-24-23-18(3)4)14-9-11-20-19(5)8-2/h18-20H,7-17,24H2,1-6H3. The predicted molar refractivity (Wildman–Crippen MR) is 111 cm³/mol. The maximum atomic E-state index is 5.83. The predicted octanol–water partition coefficient (Wildman–Crippen LogP) is 2.73. The van der Waals surface area contributed by atoms with E-state index < -0.39 is 0 Å². The van der Waals surface area contributed by atoms with Crippen molar-refractivity contribution < 1.29 is 4.43 Å². The van der Waals surface area contributed by atoms with E-state index in [1.165, 1.54) is 64.5 Å². The summed E-state index contributed by atoms with van der Waals surface area (Å²) in [6, 6.07) is 1.93. The molecule has 0 bridgehead atoms. The van der Waals surface area contributed by atoms with E-state index in [4.69, 9.17) is 4.43 Å². The first-order valence-corrected chi connectivity index (χ1v) is 11.8. The van der Waals surface area contributed by atoms with E-state index in [1.54, 1.807) is 0 Å². The van der Waals surface area contributed by atoms with Gasteiger partial charge >= 0.3 is 0 Å². The molecule has 0 aliphatic heterocycles. The first-order valence-electron chi connectivity index (χ1n) is 10.2. The summed E-state index contributed by atoms with van der Waals surface area (Å²) in [6.07, 6.45) is 5.40. The van der Waals surface area contributed by atoms with E-state index in [-0.39, 0.29) is 9.76 Å². The molecule has 0 aromatic carbocycles. The highest BCUT2D eigenvalue weighted by Crippen LogP contribution is 2.00. The number of nitrogens with one attached hydrogen (secondary N) is 1. The third kappa shape index (κ3) is 15.6. The molecule has 0 fully saturated rings. The number of hydrogen-bond donors (Lipinski definition) is 1. The van der Waals surface area contributed by atoms with Crippen molar-refractivity contribution in [3.05, 3.63) is 0 Å². The molecule has 24 heavy (non-hydrogen) atoms. The van der Waals surface area contributed by atoms with Gasteiger partial charge in [0.2, 0.25) is 0 Å². The smallest absolute Gasteiger partial charge is 0.163 e. The van der Waals surface area contributed by atoms with Gasteiger partial charge in [0.1, 0.15) is 0 Å². The molecule has 5 heteroatoms. The van der Waals surface area contributed by atoms with Gasteiger partial charge in [-0.1, -0.05) is 13.8 Å². The van der Waals surface area contributed by atoms with Crippen LogP contribution in [0.2, 0.25) is 6.04 Å². The molecule has 0 saturated carbocycles. The Morgan fingerprint density at radius 3 is 2.29 bits per heavy atom. The maximum Gasteiger partial charge on any atom is 0.163 e. The van der Waals surface area contributed by atoms with Crippen molar-refractivity contribution in [2.45, 2.75) is 78.5 Å². The van der Waals surface area contributed by atoms with Gasteiger partial charge in [-0.05, 0) is 98.8 Å². The lowest BCUT2D eigenvalue weighted by Gasteiger charge is -2.24. The second kappa shape index (κ2) is 16.5.